The molecule has 3 heteroatoms. The summed E-state index contributed by atoms with van der Waals surface area (Å²) in [5.74, 6) is 0.858. The second-order valence-electron chi connectivity index (χ2n) is 6.87. The number of aliphatic hydroxyl groups is 1. The second-order valence-corrected chi connectivity index (χ2v) is 6.87. The smallest absolute Gasteiger partial charge is 0.0695 e. The van der Waals surface area contributed by atoms with Gasteiger partial charge in [0.1, 0.15) is 0 Å². The molecule has 0 radical (unpaired) electrons. The van der Waals surface area contributed by atoms with E-state index >= 15 is 0 Å². The Kier molecular flexibility index (Phi) is 6.11. The summed E-state index contributed by atoms with van der Waals surface area (Å²) in [5.41, 5.74) is 0. The van der Waals surface area contributed by atoms with Gasteiger partial charge in [0.25, 0.3) is 0 Å². The molecule has 112 valence electrons. The van der Waals surface area contributed by atoms with E-state index in [4.69, 9.17) is 0 Å². The van der Waals surface area contributed by atoms with E-state index in [-0.39, 0.29) is 6.10 Å². The first-order chi connectivity index (χ1) is 9.16. The third kappa shape index (κ3) is 4.73. The first-order valence-corrected chi connectivity index (χ1v) is 8.23. The molecule has 0 spiro atoms. The number of nitrogens with zero attached hydrogens (tertiary/aromatic N) is 2. The quantitative estimate of drug-likeness (QED) is 0.851. The highest BCUT2D eigenvalue weighted by Gasteiger charge is 2.29. The van der Waals surface area contributed by atoms with E-state index in [2.05, 4.69) is 23.9 Å². The van der Waals surface area contributed by atoms with Gasteiger partial charge >= 0.3 is 0 Å². The van der Waals surface area contributed by atoms with Gasteiger partial charge in [0.2, 0.25) is 0 Å². The van der Waals surface area contributed by atoms with Gasteiger partial charge in [-0.1, -0.05) is 25.7 Å². The number of piperidine rings is 1. The molecule has 2 atom stereocenters. The fourth-order valence-corrected chi connectivity index (χ4v) is 3.85. The van der Waals surface area contributed by atoms with Gasteiger partial charge in [0.15, 0.2) is 0 Å². The zero-order valence-electron chi connectivity index (χ0n) is 12.9. The number of hydrogen-bond donors (Lipinski definition) is 1. The molecule has 0 aromatic carbocycles. The third-order valence-electron chi connectivity index (χ3n) is 4.94. The molecular formula is C16H32N2O. The van der Waals surface area contributed by atoms with Gasteiger partial charge in [-0.3, -0.25) is 4.90 Å². The van der Waals surface area contributed by atoms with Crippen LogP contribution in [0, 0.1) is 5.92 Å². The lowest BCUT2D eigenvalue weighted by molar-refractivity contribution is 0.0122. The lowest BCUT2D eigenvalue weighted by Crippen LogP contribution is -2.48. The Balaban J connectivity index is 1.81. The van der Waals surface area contributed by atoms with Gasteiger partial charge in [-0.05, 0) is 58.8 Å². The molecule has 1 heterocycles. The van der Waals surface area contributed by atoms with Crippen molar-refractivity contribution in [2.24, 2.45) is 5.92 Å². The summed E-state index contributed by atoms with van der Waals surface area (Å²) in [6.45, 7) is 3.61. The normalized spacial score (nSPS) is 32.2. The van der Waals surface area contributed by atoms with Crippen LogP contribution in [0.25, 0.3) is 0 Å². The van der Waals surface area contributed by atoms with E-state index in [0.717, 1.165) is 12.3 Å². The molecule has 0 aromatic rings. The number of likely N-dealkylation sites (tertiary alicyclic amines) is 1. The molecule has 2 rings (SSSR count). The molecule has 1 saturated heterocycles. The van der Waals surface area contributed by atoms with Gasteiger partial charge in [0.05, 0.1) is 6.10 Å². The van der Waals surface area contributed by atoms with Crippen LogP contribution < -0.4 is 0 Å². The monoisotopic (exact) mass is 268 g/mol. The van der Waals surface area contributed by atoms with Crippen LogP contribution in [-0.4, -0.2) is 60.8 Å². The molecule has 19 heavy (non-hydrogen) atoms. The summed E-state index contributed by atoms with van der Waals surface area (Å²) in [7, 11) is 4.34. The summed E-state index contributed by atoms with van der Waals surface area (Å²) < 4.78 is 0. The van der Waals surface area contributed by atoms with Crippen LogP contribution in [0.1, 0.15) is 51.4 Å². The Morgan fingerprint density at radius 2 is 1.58 bits per heavy atom. The van der Waals surface area contributed by atoms with Crippen LogP contribution in [0.4, 0.5) is 0 Å². The van der Waals surface area contributed by atoms with Crippen LogP contribution in [0.15, 0.2) is 0 Å². The van der Waals surface area contributed by atoms with E-state index in [1.165, 1.54) is 64.6 Å². The molecule has 2 unspecified atom stereocenters. The Morgan fingerprint density at radius 3 is 2.21 bits per heavy atom. The minimum atomic E-state index is -0.0781. The molecule has 3 nitrogen and oxygen atoms in total. The molecular weight excluding hydrogens is 236 g/mol. The summed E-state index contributed by atoms with van der Waals surface area (Å²) in [4.78, 5) is 4.90. The standard InChI is InChI=1S/C16H32N2O/c1-17(2)13-14-9-11-18(12-10-14)15-7-5-3-4-6-8-16(15)19/h14-16,19H,3-13H2,1-2H3. The molecule has 1 aliphatic carbocycles. The maximum Gasteiger partial charge on any atom is 0.0695 e. The summed E-state index contributed by atoms with van der Waals surface area (Å²) in [6.07, 6.45) is 9.96. The molecule has 2 aliphatic rings. The van der Waals surface area contributed by atoms with Crippen LogP contribution in [-0.2, 0) is 0 Å². The SMILES string of the molecule is CN(C)CC1CCN(C2CCCCCCC2O)CC1. The zero-order chi connectivity index (χ0) is 13.7. The van der Waals surface area contributed by atoms with Crippen molar-refractivity contribution in [3.05, 3.63) is 0 Å². The summed E-state index contributed by atoms with van der Waals surface area (Å²) in [6, 6.07) is 0.445. The zero-order valence-corrected chi connectivity index (χ0v) is 12.9. The van der Waals surface area contributed by atoms with Crippen molar-refractivity contribution in [3.8, 4) is 0 Å². The van der Waals surface area contributed by atoms with Gasteiger partial charge in [0, 0.05) is 12.6 Å². The number of aliphatic hydroxyl groups excluding tert-OH is 1. The van der Waals surface area contributed by atoms with Crippen molar-refractivity contribution in [1.82, 2.24) is 9.80 Å². The Labute approximate surface area is 119 Å². The largest absolute Gasteiger partial charge is 0.391 e. The lowest BCUT2D eigenvalue weighted by Gasteiger charge is -2.41. The van der Waals surface area contributed by atoms with E-state index in [0.29, 0.717) is 6.04 Å². The fraction of sp³-hybridized carbons (Fsp3) is 1.00. The van der Waals surface area contributed by atoms with Crippen molar-refractivity contribution in [1.29, 1.82) is 0 Å². The third-order valence-corrected chi connectivity index (χ3v) is 4.94. The molecule has 2 fully saturated rings. The molecule has 0 bridgehead atoms. The van der Waals surface area contributed by atoms with Crippen molar-refractivity contribution >= 4 is 0 Å². The van der Waals surface area contributed by atoms with Crippen LogP contribution in [0.3, 0.4) is 0 Å². The van der Waals surface area contributed by atoms with Gasteiger partial charge in [-0.25, -0.2) is 0 Å². The molecule has 1 saturated carbocycles. The molecule has 1 N–H and O–H groups in total. The maximum absolute atomic E-state index is 10.4. The van der Waals surface area contributed by atoms with Crippen molar-refractivity contribution in [3.63, 3.8) is 0 Å². The molecule has 0 amide bonds. The minimum Gasteiger partial charge on any atom is -0.391 e. The number of hydrogen-bond acceptors (Lipinski definition) is 3. The minimum absolute atomic E-state index is 0.0781. The van der Waals surface area contributed by atoms with Crippen LogP contribution in [0.5, 0.6) is 0 Å². The van der Waals surface area contributed by atoms with E-state index in [1.807, 2.05) is 0 Å². The van der Waals surface area contributed by atoms with E-state index < -0.39 is 0 Å². The van der Waals surface area contributed by atoms with Crippen molar-refractivity contribution < 1.29 is 5.11 Å². The molecule has 0 aromatic heterocycles. The van der Waals surface area contributed by atoms with Crippen LogP contribution in [0.2, 0.25) is 0 Å². The Bertz CT molecular complexity index is 249. The average Bonchev–Trinajstić information content (AvgIpc) is 2.35. The van der Waals surface area contributed by atoms with E-state index in [9.17, 15) is 5.11 Å². The number of rotatable bonds is 3. The van der Waals surface area contributed by atoms with Gasteiger partial charge in [-0.2, -0.15) is 0 Å². The summed E-state index contributed by atoms with van der Waals surface area (Å²) >= 11 is 0. The average molecular weight is 268 g/mol. The van der Waals surface area contributed by atoms with Crippen molar-refractivity contribution in [2.45, 2.75) is 63.5 Å². The van der Waals surface area contributed by atoms with Crippen LogP contribution >= 0.6 is 0 Å². The second kappa shape index (κ2) is 7.61. The highest BCUT2D eigenvalue weighted by atomic mass is 16.3. The van der Waals surface area contributed by atoms with Gasteiger partial charge < -0.3 is 10.0 Å². The molecule has 1 aliphatic heterocycles. The first-order valence-electron chi connectivity index (χ1n) is 8.23. The van der Waals surface area contributed by atoms with Crippen molar-refractivity contribution in [2.75, 3.05) is 33.7 Å². The van der Waals surface area contributed by atoms with E-state index in [1.54, 1.807) is 0 Å². The fourth-order valence-electron chi connectivity index (χ4n) is 3.85. The predicted octanol–water partition coefficient (Wildman–Crippen LogP) is 2.34. The lowest BCUT2D eigenvalue weighted by atomic mass is 9.89. The first kappa shape index (κ1) is 15.3. The Hall–Kier alpha value is -0.120. The summed E-state index contributed by atoms with van der Waals surface area (Å²) in [5, 5.41) is 10.4. The predicted molar refractivity (Wildman–Crippen MR) is 80.3 cm³/mol. The highest BCUT2D eigenvalue weighted by molar-refractivity contribution is 4.84. The topological polar surface area (TPSA) is 26.7 Å². The van der Waals surface area contributed by atoms with Gasteiger partial charge in [-0.15, -0.1) is 0 Å². The highest BCUT2D eigenvalue weighted by Crippen LogP contribution is 2.26. The Morgan fingerprint density at radius 1 is 0.947 bits per heavy atom. The maximum atomic E-state index is 10.4.